The van der Waals surface area contributed by atoms with Crippen molar-refractivity contribution >= 4 is 34.6 Å². The summed E-state index contributed by atoms with van der Waals surface area (Å²) in [6, 6.07) is 12.1. The Kier molecular flexibility index (Phi) is 5.57. The van der Waals surface area contributed by atoms with Crippen LogP contribution in [0.15, 0.2) is 47.3 Å². The molecule has 0 bridgehead atoms. The number of benzene rings is 2. The van der Waals surface area contributed by atoms with Crippen LogP contribution in [-0.4, -0.2) is 32.6 Å². The highest BCUT2D eigenvalue weighted by molar-refractivity contribution is 6.00. The molecule has 0 radical (unpaired) electrons. The first-order valence-corrected chi connectivity index (χ1v) is 10.7. The molecule has 2 aromatic carbocycles. The number of amides is 3. The zero-order chi connectivity index (χ0) is 23.9. The molecule has 9 nitrogen and oxygen atoms in total. The Hall–Kier alpha value is -3.88. The molecule has 1 aliphatic rings. The summed E-state index contributed by atoms with van der Waals surface area (Å²) in [7, 11) is 1.66. The fourth-order valence-corrected chi connectivity index (χ4v) is 3.94. The van der Waals surface area contributed by atoms with Crippen LogP contribution in [-0.2, 0) is 21.4 Å². The molecule has 1 unspecified atom stereocenters. The summed E-state index contributed by atoms with van der Waals surface area (Å²) in [5, 5.41) is 5.01. The first kappa shape index (κ1) is 22.3. The smallest absolute Gasteiger partial charge is 0.412 e. The van der Waals surface area contributed by atoms with Gasteiger partial charge < -0.3 is 4.74 Å². The van der Waals surface area contributed by atoms with Crippen LogP contribution in [0.25, 0.3) is 22.2 Å². The number of nitrogens with zero attached hydrogens (tertiary/aromatic N) is 2. The number of carbonyl (C=O) groups excluding carboxylic acids is 3. The van der Waals surface area contributed by atoms with Gasteiger partial charge in [-0.1, -0.05) is 18.2 Å². The highest BCUT2D eigenvalue weighted by atomic mass is 16.6. The third-order valence-electron chi connectivity index (χ3n) is 5.47. The molecule has 1 fully saturated rings. The van der Waals surface area contributed by atoms with E-state index in [4.69, 9.17) is 4.74 Å². The molecule has 0 spiro atoms. The molecule has 4 rings (SSSR count). The van der Waals surface area contributed by atoms with Gasteiger partial charge in [0.25, 0.3) is 0 Å². The Morgan fingerprint density at radius 1 is 1.03 bits per heavy atom. The highest BCUT2D eigenvalue weighted by Crippen LogP contribution is 2.28. The lowest BCUT2D eigenvalue weighted by Gasteiger charge is -2.21. The molecular weight excluding hydrogens is 424 g/mol. The van der Waals surface area contributed by atoms with Crippen molar-refractivity contribution in [3.05, 3.63) is 52.9 Å². The van der Waals surface area contributed by atoms with Gasteiger partial charge in [-0.05, 0) is 62.6 Å². The second kappa shape index (κ2) is 8.23. The molecule has 1 atom stereocenters. The minimum absolute atomic E-state index is 0.195. The topological polar surface area (TPSA) is 111 Å². The molecule has 0 saturated carbocycles. The molecule has 3 amide bonds. The Balaban J connectivity index is 1.62. The molecule has 1 aromatic heterocycles. The molecule has 9 heteroatoms. The normalized spacial score (nSPS) is 16.5. The van der Waals surface area contributed by atoms with Crippen molar-refractivity contribution in [1.82, 2.24) is 14.5 Å². The van der Waals surface area contributed by atoms with E-state index in [2.05, 4.69) is 10.6 Å². The lowest BCUT2D eigenvalue weighted by molar-refractivity contribution is -0.135. The zero-order valence-electron chi connectivity index (χ0n) is 19.0. The molecule has 2 N–H and O–H groups in total. The maximum Gasteiger partial charge on any atom is 0.412 e. The number of aromatic nitrogens is 2. The van der Waals surface area contributed by atoms with Crippen molar-refractivity contribution in [2.24, 2.45) is 7.05 Å². The number of imidazole rings is 1. The monoisotopic (exact) mass is 450 g/mol. The number of imide groups is 1. The number of nitrogens with one attached hydrogen (secondary N) is 2. The van der Waals surface area contributed by atoms with Crippen LogP contribution < -0.4 is 16.3 Å². The first-order chi connectivity index (χ1) is 15.5. The lowest BCUT2D eigenvalue weighted by Crippen LogP contribution is -2.44. The van der Waals surface area contributed by atoms with Gasteiger partial charge in [-0.3, -0.25) is 29.4 Å². The van der Waals surface area contributed by atoms with Gasteiger partial charge >= 0.3 is 11.8 Å². The van der Waals surface area contributed by atoms with E-state index in [1.807, 2.05) is 30.3 Å². The third-order valence-corrected chi connectivity index (χ3v) is 5.47. The summed E-state index contributed by atoms with van der Waals surface area (Å²) in [6.07, 6.45) is -0.0418. The fraction of sp³-hybridized carbons (Fsp3) is 0.333. The molecule has 1 saturated heterocycles. The van der Waals surface area contributed by atoms with Crippen LogP contribution in [0.2, 0.25) is 0 Å². The van der Waals surface area contributed by atoms with Gasteiger partial charge in [-0.15, -0.1) is 0 Å². The predicted octanol–water partition coefficient (Wildman–Crippen LogP) is 3.33. The number of fused-ring (bicyclic) bond motifs is 1. The lowest BCUT2D eigenvalue weighted by atomic mass is 10.0. The number of hydrogen-bond donors (Lipinski definition) is 2. The maximum atomic E-state index is 12.9. The van der Waals surface area contributed by atoms with Gasteiger partial charge in [0.05, 0.1) is 11.0 Å². The van der Waals surface area contributed by atoms with E-state index in [0.29, 0.717) is 16.7 Å². The van der Waals surface area contributed by atoms with Crippen molar-refractivity contribution in [1.29, 1.82) is 0 Å². The van der Waals surface area contributed by atoms with Crippen molar-refractivity contribution in [2.75, 3.05) is 5.32 Å². The number of rotatable bonds is 3. The predicted molar refractivity (Wildman–Crippen MR) is 124 cm³/mol. The number of piperidine rings is 1. The molecular formula is C24H26N4O5. The summed E-state index contributed by atoms with van der Waals surface area (Å²) < 4.78 is 8.22. The standard InChI is InChI=1S/C24H26N4O5/c1-24(2,3)33-22(31)25-16-8-5-14(6-9-16)15-7-10-17-19(13-15)27(4)23(32)28(17)18-11-12-20(29)26-21(18)30/h5-10,13,18H,11-12H2,1-4H3,(H,25,31)(H,26,29,30). The van der Waals surface area contributed by atoms with Gasteiger partial charge in [-0.25, -0.2) is 9.59 Å². The molecule has 1 aliphatic heterocycles. The van der Waals surface area contributed by atoms with Crippen LogP contribution in [0.4, 0.5) is 10.5 Å². The molecule has 172 valence electrons. The minimum atomic E-state index is -0.719. The van der Waals surface area contributed by atoms with Gasteiger partial charge in [0.2, 0.25) is 11.8 Å². The van der Waals surface area contributed by atoms with E-state index in [1.54, 1.807) is 40.0 Å². The van der Waals surface area contributed by atoms with Gasteiger partial charge in [0, 0.05) is 19.2 Å². The summed E-state index contributed by atoms with van der Waals surface area (Å²) in [5.41, 5.74) is 2.79. The fourth-order valence-electron chi connectivity index (χ4n) is 3.94. The van der Waals surface area contributed by atoms with Crippen LogP contribution in [0.3, 0.4) is 0 Å². The van der Waals surface area contributed by atoms with Crippen molar-refractivity contribution in [3.8, 4) is 11.1 Å². The molecule has 33 heavy (non-hydrogen) atoms. The van der Waals surface area contributed by atoms with E-state index in [1.165, 1.54) is 9.13 Å². The average Bonchev–Trinajstić information content (AvgIpc) is 2.97. The average molecular weight is 450 g/mol. The van der Waals surface area contributed by atoms with Crippen molar-refractivity contribution in [2.45, 2.75) is 45.3 Å². The van der Waals surface area contributed by atoms with E-state index in [0.717, 1.165) is 11.1 Å². The Bertz CT molecular complexity index is 1310. The first-order valence-electron chi connectivity index (χ1n) is 10.7. The molecule has 3 aromatic rings. The van der Waals surface area contributed by atoms with Gasteiger partial charge in [0.15, 0.2) is 0 Å². The SMILES string of the molecule is Cn1c(=O)n(C2CCC(=O)NC2=O)c2ccc(-c3ccc(NC(=O)OC(C)(C)C)cc3)cc21. The van der Waals surface area contributed by atoms with Crippen molar-refractivity contribution in [3.63, 3.8) is 0 Å². The maximum absolute atomic E-state index is 12.9. The largest absolute Gasteiger partial charge is 0.444 e. The van der Waals surface area contributed by atoms with Crippen LogP contribution >= 0.6 is 0 Å². The van der Waals surface area contributed by atoms with Gasteiger partial charge in [0.1, 0.15) is 11.6 Å². The van der Waals surface area contributed by atoms with Crippen LogP contribution in [0.1, 0.15) is 39.7 Å². The second-order valence-corrected chi connectivity index (χ2v) is 9.09. The van der Waals surface area contributed by atoms with Crippen LogP contribution in [0, 0.1) is 0 Å². The number of carbonyl (C=O) groups is 3. The second-order valence-electron chi connectivity index (χ2n) is 9.09. The third kappa shape index (κ3) is 4.52. The van der Waals surface area contributed by atoms with Crippen molar-refractivity contribution < 1.29 is 19.1 Å². The number of anilines is 1. The summed E-state index contributed by atoms with van der Waals surface area (Å²) in [4.78, 5) is 48.7. The number of aryl methyl sites for hydroxylation is 1. The minimum Gasteiger partial charge on any atom is -0.444 e. The Morgan fingerprint density at radius 2 is 1.70 bits per heavy atom. The molecule has 0 aliphatic carbocycles. The molecule has 2 heterocycles. The summed E-state index contributed by atoms with van der Waals surface area (Å²) in [6.45, 7) is 5.39. The Morgan fingerprint density at radius 3 is 2.33 bits per heavy atom. The van der Waals surface area contributed by atoms with Gasteiger partial charge in [-0.2, -0.15) is 0 Å². The Labute approximate surface area is 190 Å². The zero-order valence-corrected chi connectivity index (χ0v) is 19.0. The quantitative estimate of drug-likeness (QED) is 0.595. The van der Waals surface area contributed by atoms with Crippen LogP contribution in [0.5, 0.6) is 0 Å². The van der Waals surface area contributed by atoms with E-state index in [9.17, 15) is 19.2 Å². The highest BCUT2D eigenvalue weighted by Gasteiger charge is 2.31. The van der Waals surface area contributed by atoms with E-state index >= 15 is 0 Å². The summed E-state index contributed by atoms with van der Waals surface area (Å²) in [5.74, 6) is -0.783. The van der Waals surface area contributed by atoms with E-state index < -0.39 is 23.6 Å². The summed E-state index contributed by atoms with van der Waals surface area (Å²) >= 11 is 0. The number of ether oxygens (including phenoxy) is 1. The number of hydrogen-bond acceptors (Lipinski definition) is 5. The van der Waals surface area contributed by atoms with E-state index in [-0.39, 0.29) is 24.4 Å².